The van der Waals surface area contributed by atoms with Gasteiger partial charge < -0.3 is 14.2 Å². The molecule has 0 spiro atoms. The Kier molecular flexibility index (Phi) is 3.57. The maximum Gasteiger partial charge on any atom is 0.494 e. The molecule has 0 radical (unpaired) electrons. The monoisotopic (exact) mass is 327 g/mol. The minimum absolute atomic E-state index is 0.314. The number of rotatable bonds is 2. The molecule has 2 aliphatic heterocycles. The van der Waals surface area contributed by atoms with Crippen LogP contribution in [0.25, 0.3) is 10.9 Å². The minimum Gasteiger partial charge on any atom is -0.399 e. The Morgan fingerprint density at radius 3 is 2.50 bits per heavy atom. The van der Waals surface area contributed by atoms with Gasteiger partial charge in [0.15, 0.2) is 0 Å². The zero-order valence-electron chi connectivity index (χ0n) is 15.2. The van der Waals surface area contributed by atoms with Crippen molar-refractivity contribution in [2.45, 2.75) is 51.4 Å². The lowest BCUT2D eigenvalue weighted by Gasteiger charge is -2.32. The van der Waals surface area contributed by atoms with Crippen LogP contribution in [0, 0.1) is 0 Å². The summed E-state index contributed by atoms with van der Waals surface area (Å²) in [6.07, 6.45) is 3.32. The molecule has 128 valence electrons. The highest BCUT2D eigenvalue weighted by Gasteiger charge is 2.51. The first-order valence-corrected chi connectivity index (χ1v) is 8.78. The molecule has 4 rings (SSSR count). The normalized spacial score (nSPS) is 26.5. The molecule has 3 heterocycles. The first kappa shape index (κ1) is 16.1. The van der Waals surface area contributed by atoms with Crippen LogP contribution in [0.15, 0.2) is 24.4 Å². The number of aromatic nitrogens is 2. The van der Waals surface area contributed by atoms with E-state index in [9.17, 15) is 0 Å². The summed E-state index contributed by atoms with van der Waals surface area (Å²) in [5.41, 5.74) is 1.46. The number of benzene rings is 1. The summed E-state index contributed by atoms with van der Waals surface area (Å²) in [4.78, 5) is 2.35. The van der Waals surface area contributed by atoms with Crippen LogP contribution in [0.3, 0.4) is 0 Å². The highest BCUT2D eigenvalue weighted by Crippen LogP contribution is 2.36. The summed E-state index contributed by atoms with van der Waals surface area (Å²) < 4.78 is 14.5. The van der Waals surface area contributed by atoms with Crippen LogP contribution in [0.4, 0.5) is 0 Å². The van der Waals surface area contributed by atoms with Gasteiger partial charge >= 0.3 is 7.12 Å². The van der Waals surface area contributed by atoms with Crippen molar-refractivity contribution in [3.8, 4) is 0 Å². The summed E-state index contributed by atoms with van der Waals surface area (Å²) in [6, 6.07) is 6.77. The van der Waals surface area contributed by atoms with E-state index < -0.39 is 0 Å². The molecule has 2 saturated heterocycles. The molecule has 2 aliphatic rings. The van der Waals surface area contributed by atoms with Gasteiger partial charge in [-0.25, -0.2) is 0 Å². The Bertz CT molecular complexity index is 755. The second-order valence-corrected chi connectivity index (χ2v) is 8.22. The maximum absolute atomic E-state index is 6.16. The third-order valence-electron chi connectivity index (χ3n) is 5.81. The van der Waals surface area contributed by atoms with E-state index in [0.717, 1.165) is 35.9 Å². The zero-order chi connectivity index (χ0) is 17.1. The number of hydrogen-bond acceptors (Lipinski definition) is 4. The quantitative estimate of drug-likeness (QED) is 0.793. The van der Waals surface area contributed by atoms with Gasteiger partial charge in [-0.2, -0.15) is 5.10 Å². The van der Waals surface area contributed by atoms with E-state index >= 15 is 0 Å². The van der Waals surface area contributed by atoms with Crippen molar-refractivity contribution in [1.29, 1.82) is 0 Å². The van der Waals surface area contributed by atoms with E-state index in [1.165, 1.54) is 0 Å². The second kappa shape index (κ2) is 5.31. The molecule has 0 unspecified atom stereocenters. The van der Waals surface area contributed by atoms with E-state index in [0.29, 0.717) is 6.04 Å². The molecule has 0 N–H and O–H groups in total. The van der Waals surface area contributed by atoms with Gasteiger partial charge in [0.25, 0.3) is 0 Å². The van der Waals surface area contributed by atoms with Gasteiger partial charge in [0.2, 0.25) is 0 Å². The summed E-state index contributed by atoms with van der Waals surface area (Å²) in [5, 5.41) is 5.91. The molecular formula is C18H26BN3O2. The average molecular weight is 327 g/mol. The summed E-state index contributed by atoms with van der Waals surface area (Å²) in [6.45, 7) is 10.5. The minimum atomic E-state index is -0.319. The molecule has 24 heavy (non-hydrogen) atoms. The zero-order valence-corrected chi connectivity index (χ0v) is 15.2. The SMILES string of the molecule is CN1CC[C@H](n2cc3cc(B4OC(C)(C)C(C)(C)O4)ccc3n2)C1. The third kappa shape index (κ3) is 2.57. The molecule has 6 heteroatoms. The van der Waals surface area contributed by atoms with Gasteiger partial charge in [0.05, 0.1) is 22.8 Å². The highest BCUT2D eigenvalue weighted by molar-refractivity contribution is 6.62. The van der Waals surface area contributed by atoms with Crippen molar-refractivity contribution in [2.24, 2.45) is 0 Å². The Balaban J connectivity index is 1.62. The molecule has 2 fully saturated rings. The van der Waals surface area contributed by atoms with Gasteiger partial charge in [0, 0.05) is 18.1 Å². The third-order valence-corrected chi connectivity index (χ3v) is 5.81. The molecular weight excluding hydrogens is 301 g/mol. The fourth-order valence-electron chi connectivity index (χ4n) is 3.50. The summed E-state index contributed by atoms with van der Waals surface area (Å²) in [5.74, 6) is 0. The van der Waals surface area contributed by atoms with E-state index in [1.54, 1.807) is 0 Å². The van der Waals surface area contributed by atoms with E-state index in [2.05, 4.69) is 68.7 Å². The van der Waals surface area contributed by atoms with Gasteiger partial charge in [0.1, 0.15) is 0 Å². The van der Waals surface area contributed by atoms with Crippen LogP contribution in [0.1, 0.15) is 40.2 Å². The Morgan fingerprint density at radius 2 is 1.88 bits per heavy atom. The first-order chi connectivity index (χ1) is 11.2. The van der Waals surface area contributed by atoms with Crippen molar-refractivity contribution in [3.05, 3.63) is 24.4 Å². The lowest BCUT2D eigenvalue weighted by molar-refractivity contribution is 0.00578. The molecule has 1 aromatic carbocycles. The first-order valence-electron chi connectivity index (χ1n) is 8.78. The van der Waals surface area contributed by atoms with Crippen LogP contribution in [0.2, 0.25) is 0 Å². The molecule has 0 amide bonds. The number of hydrogen-bond donors (Lipinski definition) is 0. The van der Waals surface area contributed by atoms with E-state index in [4.69, 9.17) is 14.4 Å². The van der Waals surface area contributed by atoms with Gasteiger partial charge in [-0.05, 0) is 59.2 Å². The van der Waals surface area contributed by atoms with Crippen LogP contribution >= 0.6 is 0 Å². The predicted octanol–water partition coefficient (Wildman–Crippen LogP) is 2.21. The Morgan fingerprint density at radius 1 is 1.17 bits per heavy atom. The Labute approximate surface area is 144 Å². The van der Waals surface area contributed by atoms with Crippen LogP contribution in [0.5, 0.6) is 0 Å². The van der Waals surface area contributed by atoms with Gasteiger partial charge in [-0.1, -0.05) is 12.1 Å². The molecule has 0 aliphatic carbocycles. The topological polar surface area (TPSA) is 39.5 Å². The smallest absolute Gasteiger partial charge is 0.399 e. The van der Waals surface area contributed by atoms with Crippen molar-refractivity contribution in [1.82, 2.24) is 14.7 Å². The van der Waals surface area contributed by atoms with E-state index in [-0.39, 0.29) is 18.3 Å². The largest absolute Gasteiger partial charge is 0.494 e. The fourth-order valence-corrected chi connectivity index (χ4v) is 3.50. The lowest BCUT2D eigenvalue weighted by atomic mass is 9.79. The fraction of sp³-hybridized carbons (Fsp3) is 0.611. The standard InChI is InChI=1S/C18H26BN3O2/c1-17(2)18(3,4)24-19(23-17)14-6-7-16-13(10-14)11-22(20-16)15-8-9-21(5)12-15/h6-7,10-11,15H,8-9,12H2,1-5H3/t15-/m0/s1. The van der Waals surface area contributed by atoms with Crippen molar-refractivity contribution < 1.29 is 9.31 Å². The van der Waals surface area contributed by atoms with Crippen molar-refractivity contribution >= 4 is 23.5 Å². The second-order valence-electron chi connectivity index (χ2n) is 8.22. The number of likely N-dealkylation sites (tertiary alicyclic amines) is 1. The summed E-state index contributed by atoms with van der Waals surface area (Å²) >= 11 is 0. The molecule has 0 bridgehead atoms. The van der Waals surface area contributed by atoms with Crippen LogP contribution in [-0.2, 0) is 9.31 Å². The van der Waals surface area contributed by atoms with Crippen LogP contribution < -0.4 is 5.46 Å². The Hall–Kier alpha value is -1.37. The number of likely N-dealkylation sites (N-methyl/N-ethyl adjacent to an activating group) is 1. The number of fused-ring (bicyclic) bond motifs is 1. The summed E-state index contributed by atoms with van der Waals surface area (Å²) in [7, 11) is 1.85. The molecule has 0 saturated carbocycles. The van der Waals surface area contributed by atoms with Crippen molar-refractivity contribution in [2.75, 3.05) is 20.1 Å². The van der Waals surface area contributed by atoms with E-state index in [1.807, 2.05) is 0 Å². The van der Waals surface area contributed by atoms with Gasteiger partial charge in [-0.15, -0.1) is 0 Å². The molecule has 1 aromatic heterocycles. The average Bonchev–Trinajstić information content (AvgIpc) is 3.15. The lowest BCUT2D eigenvalue weighted by Crippen LogP contribution is -2.41. The maximum atomic E-state index is 6.16. The molecule has 5 nitrogen and oxygen atoms in total. The number of nitrogens with zero attached hydrogens (tertiary/aromatic N) is 3. The van der Waals surface area contributed by atoms with Crippen molar-refractivity contribution in [3.63, 3.8) is 0 Å². The molecule has 2 aromatic rings. The highest BCUT2D eigenvalue weighted by atomic mass is 16.7. The predicted molar refractivity (Wildman–Crippen MR) is 96.6 cm³/mol. The van der Waals surface area contributed by atoms with Gasteiger partial charge in [-0.3, -0.25) is 4.68 Å². The molecule has 1 atom stereocenters. The van der Waals surface area contributed by atoms with Crippen LogP contribution in [-0.4, -0.2) is 53.1 Å².